The van der Waals surface area contributed by atoms with Gasteiger partial charge in [-0.1, -0.05) is 0 Å². The molecule has 0 aliphatic carbocycles. The smallest absolute Gasteiger partial charge is 0.211 e. The number of hydrogen-bond donors (Lipinski definition) is 1. The van der Waals surface area contributed by atoms with Crippen LogP contribution in [0.25, 0.3) is 0 Å². The maximum atomic E-state index is 9.09. The summed E-state index contributed by atoms with van der Waals surface area (Å²) in [5, 5.41) is 0. The van der Waals surface area contributed by atoms with Crippen LogP contribution in [0.4, 0.5) is 0 Å². The molecule has 1 heterocycles. The van der Waals surface area contributed by atoms with E-state index < -0.39 is 9.23 Å². The highest BCUT2D eigenvalue weighted by Crippen LogP contribution is 1.89. The zero-order valence-electron chi connectivity index (χ0n) is 4.25. The van der Waals surface area contributed by atoms with Crippen molar-refractivity contribution in [2.45, 2.75) is 0 Å². The average molecular weight is 187 g/mol. The quantitative estimate of drug-likeness (QED) is 0.624. The van der Waals surface area contributed by atoms with Gasteiger partial charge in [0.25, 0.3) is 0 Å². The number of H-pyrrole nitrogens is 1. The third kappa shape index (κ3) is 11.5. The Morgan fingerprint density at radius 3 is 2.22 bits per heavy atom. The van der Waals surface area contributed by atoms with Gasteiger partial charge in [0, 0.05) is 33.8 Å². The number of rotatable bonds is 0. The molecule has 0 radical (unpaired) electrons. The first-order chi connectivity index (χ1) is 4.23. The lowest BCUT2D eigenvalue weighted by atomic mass is 11.0. The Hall–Kier alpha value is -0.0600. The molecule has 6 heteroatoms. The minimum atomic E-state index is -1.67. The van der Waals surface area contributed by atoms with Crippen molar-refractivity contribution in [2.75, 3.05) is 0 Å². The Labute approximate surface area is 63.9 Å². The van der Waals surface area contributed by atoms with Gasteiger partial charge in [0.2, 0.25) is 9.23 Å². The maximum Gasteiger partial charge on any atom is 0.211 e. The lowest BCUT2D eigenvalue weighted by Crippen LogP contribution is -1.44. The SMILES string of the molecule is O=S(Cl)Cl.c1c[nH]cn1. The minimum absolute atomic E-state index is 1.62. The van der Waals surface area contributed by atoms with Crippen molar-refractivity contribution in [3.8, 4) is 0 Å². The first kappa shape index (κ1) is 8.94. The third-order valence-corrected chi connectivity index (χ3v) is 0.406. The largest absolute Gasteiger partial charge is 0.351 e. The van der Waals surface area contributed by atoms with E-state index in [-0.39, 0.29) is 0 Å². The summed E-state index contributed by atoms with van der Waals surface area (Å²) < 4.78 is 9.09. The summed E-state index contributed by atoms with van der Waals surface area (Å²) >= 11 is 0. The molecule has 0 unspecified atom stereocenters. The van der Waals surface area contributed by atoms with E-state index >= 15 is 0 Å². The fourth-order valence-electron chi connectivity index (χ4n) is 0.215. The molecule has 0 aliphatic heterocycles. The van der Waals surface area contributed by atoms with Gasteiger partial charge in [-0.05, 0) is 0 Å². The molecule has 1 aromatic heterocycles. The van der Waals surface area contributed by atoms with Crippen LogP contribution in [-0.2, 0) is 9.23 Å². The van der Waals surface area contributed by atoms with Gasteiger partial charge in [-0.2, -0.15) is 0 Å². The summed E-state index contributed by atoms with van der Waals surface area (Å²) in [4.78, 5) is 6.42. The second kappa shape index (κ2) is 6.07. The normalized spacial score (nSPS) is 8.33. The number of aromatic nitrogens is 2. The number of nitrogens with zero attached hydrogens (tertiary/aromatic N) is 1. The van der Waals surface area contributed by atoms with Crippen LogP contribution in [0.1, 0.15) is 0 Å². The lowest BCUT2D eigenvalue weighted by Gasteiger charge is -1.50. The van der Waals surface area contributed by atoms with Crippen LogP contribution < -0.4 is 0 Å². The van der Waals surface area contributed by atoms with Crippen molar-refractivity contribution in [2.24, 2.45) is 0 Å². The number of aromatic amines is 1. The van der Waals surface area contributed by atoms with E-state index in [4.69, 9.17) is 4.21 Å². The van der Waals surface area contributed by atoms with Gasteiger partial charge in [-0.25, -0.2) is 9.19 Å². The molecule has 0 aromatic carbocycles. The Morgan fingerprint density at radius 1 is 1.56 bits per heavy atom. The Balaban J connectivity index is 0.000000148. The first-order valence-corrected chi connectivity index (χ1v) is 4.70. The van der Waals surface area contributed by atoms with Gasteiger partial charge < -0.3 is 4.98 Å². The van der Waals surface area contributed by atoms with E-state index in [1.54, 1.807) is 18.7 Å². The average Bonchev–Trinajstić information content (AvgIpc) is 2.11. The number of hydrogen-bond acceptors (Lipinski definition) is 2. The molecular formula is C3H4Cl2N2OS. The van der Waals surface area contributed by atoms with Gasteiger partial charge >= 0.3 is 0 Å². The van der Waals surface area contributed by atoms with Gasteiger partial charge in [0.05, 0.1) is 6.33 Å². The fourth-order valence-corrected chi connectivity index (χ4v) is 0.215. The van der Waals surface area contributed by atoms with Crippen LogP contribution in [0, 0.1) is 0 Å². The van der Waals surface area contributed by atoms with Gasteiger partial charge in [-0.3, -0.25) is 0 Å². The standard InChI is InChI=1S/C3H4N2.Cl2OS/c1-2-5-3-4-1;1-4(2)3/h1-3H,(H,4,5);. The van der Waals surface area contributed by atoms with Gasteiger partial charge in [0.1, 0.15) is 0 Å². The second-order valence-corrected chi connectivity index (χ2v) is 3.47. The zero-order chi connectivity index (χ0) is 7.11. The van der Waals surface area contributed by atoms with Crippen LogP contribution in [0.5, 0.6) is 0 Å². The van der Waals surface area contributed by atoms with E-state index in [1.165, 1.54) is 0 Å². The summed E-state index contributed by atoms with van der Waals surface area (Å²) in [5.74, 6) is 0. The molecule has 9 heavy (non-hydrogen) atoms. The predicted octanol–water partition coefficient (Wildman–Crippen LogP) is 1.45. The van der Waals surface area contributed by atoms with Crippen molar-refractivity contribution in [3.05, 3.63) is 18.7 Å². The molecule has 0 amide bonds. The summed E-state index contributed by atoms with van der Waals surface area (Å²) in [6, 6.07) is 0. The van der Waals surface area contributed by atoms with Crippen molar-refractivity contribution in [3.63, 3.8) is 0 Å². The number of nitrogens with one attached hydrogen (secondary N) is 1. The molecule has 0 aliphatic rings. The minimum Gasteiger partial charge on any atom is -0.351 e. The summed E-state index contributed by atoms with van der Waals surface area (Å²) in [7, 11) is 7.36. The van der Waals surface area contributed by atoms with Crippen LogP contribution in [0.2, 0.25) is 0 Å². The van der Waals surface area contributed by atoms with Gasteiger partial charge in [0.15, 0.2) is 0 Å². The highest BCUT2D eigenvalue weighted by atomic mass is 36.0. The molecule has 0 saturated heterocycles. The molecule has 1 aromatic rings. The second-order valence-electron chi connectivity index (χ2n) is 0.945. The van der Waals surface area contributed by atoms with Crippen LogP contribution in [0.3, 0.4) is 0 Å². The monoisotopic (exact) mass is 186 g/mol. The predicted molar refractivity (Wildman–Crippen MR) is 38.4 cm³/mol. The van der Waals surface area contributed by atoms with Crippen LogP contribution in [-0.4, -0.2) is 14.2 Å². The Kier molecular flexibility index (Phi) is 6.03. The molecule has 52 valence electrons. The molecule has 3 nitrogen and oxygen atoms in total. The van der Waals surface area contributed by atoms with E-state index in [0.717, 1.165) is 0 Å². The molecule has 0 saturated carbocycles. The Morgan fingerprint density at radius 2 is 2.11 bits per heavy atom. The van der Waals surface area contributed by atoms with Crippen molar-refractivity contribution in [1.82, 2.24) is 9.97 Å². The topological polar surface area (TPSA) is 45.8 Å². The summed E-state index contributed by atoms with van der Waals surface area (Å²) in [6.45, 7) is 0. The van der Waals surface area contributed by atoms with Crippen LogP contribution >= 0.6 is 21.4 Å². The van der Waals surface area contributed by atoms with E-state index in [2.05, 4.69) is 31.3 Å². The molecule has 1 N–H and O–H groups in total. The molecule has 1 rings (SSSR count). The van der Waals surface area contributed by atoms with Crippen LogP contribution in [0.15, 0.2) is 18.7 Å². The van der Waals surface area contributed by atoms with Crippen molar-refractivity contribution < 1.29 is 4.21 Å². The molecule has 0 bridgehead atoms. The summed E-state index contributed by atoms with van der Waals surface area (Å²) in [6.07, 6.45) is 5.08. The highest BCUT2D eigenvalue weighted by molar-refractivity contribution is 8.26. The molecule has 0 fully saturated rings. The fraction of sp³-hybridized carbons (Fsp3) is 0. The summed E-state index contributed by atoms with van der Waals surface area (Å²) in [5.41, 5.74) is 0. The zero-order valence-corrected chi connectivity index (χ0v) is 6.58. The molecule has 0 spiro atoms. The van der Waals surface area contributed by atoms with E-state index in [9.17, 15) is 0 Å². The Bertz CT molecular complexity index is 134. The highest BCUT2D eigenvalue weighted by Gasteiger charge is 1.68. The maximum absolute atomic E-state index is 9.09. The first-order valence-electron chi connectivity index (χ1n) is 1.90. The van der Waals surface area contributed by atoms with E-state index in [1.807, 2.05) is 0 Å². The lowest BCUT2D eigenvalue weighted by molar-refractivity contribution is 0.698. The van der Waals surface area contributed by atoms with E-state index in [0.29, 0.717) is 0 Å². The van der Waals surface area contributed by atoms with Crippen molar-refractivity contribution in [1.29, 1.82) is 0 Å². The molecule has 0 atom stereocenters. The third-order valence-electron chi connectivity index (χ3n) is 0.406. The number of halogens is 2. The number of imidazole rings is 1. The molecular weight excluding hydrogens is 183 g/mol. The van der Waals surface area contributed by atoms with Crippen molar-refractivity contribution >= 4 is 30.6 Å². The van der Waals surface area contributed by atoms with Gasteiger partial charge in [-0.15, -0.1) is 0 Å².